The minimum Gasteiger partial charge on any atom is -0.332 e. The lowest BCUT2D eigenvalue weighted by molar-refractivity contribution is 0.0571. The van der Waals surface area contributed by atoms with Gasteiger partial charge in [0.1, 0.15) is 5.82 Å². The molecule has 1 amide bonds. The largest absolute Gasteiger partial charge is 0.332 e. The zero-order valence-corrected chi connectivity index (χ0v) is 12.3. The van der Waals surface area contributed by atoms with E-state index in [-0.39, 0.29) is 16.6 Å². The van der Waals surface area contributed by atoms with Crippen molar-refractivity contribution in [3.8, 4) is 0 Å². The second-order valence-electron chi connectivity index (χ2n) is 3.46. The summed E-state index contributed by atoms with van der Waals surface area (Å²) in [4.78, 5) is 13.0. The molecule has 0 bridgehead atoms. The summed E-state index contributed by atoms with van der Waals surface area (Å²) in [5, 5.41) is 0.393. The fourth-order valence-corrected chi connectivity index (χ4v) is 2.33. The Morgan fingerprint density at radius 1 is 1.39 bits per heavy atom. The number of carbonyl (C=O) groups excluding carboxylic acids is 1. The van der Waals surface area contributed by atoms with Gasteiger partial charge < -0.3 is 4.90 Å². The number of nitrogens with zero attached hydrogens (tertiary/aromatic N) is 1. The molecule has 18 heavy (non-hydrogen) atoms. The van der Waals surface area contributed by atoms with Crippen LogP contribution in [0.1, 0.15) is 10.4 Å². The van der Waals surface area contributed by atoms with Gasteiger partial charge in [0.15, 0.2) is 0 Å². The van der Waals surface area contributed by atoms with Gasteiger partial charge in [0.25, 0.3) is 12.3 Å². The number of rotatable bonds is 5. The number of benzene rings is 1. The standard InChI is InChI=1S/C11H10Br2F3NO/c12-3-4-17(6-10(15)16)11(18)8-2-1-7(14)5-9(8)13/h1-2,5,10H,3-4,6H2. The Morgan fingerprint density at radius 2 is 2.06 bits per heavy atom. The molecule has 7 heteroatoms. The first kappa shape index (κ1) is 15.5. The van der Waals surface area contributed by atoms with Gasteiger partial charge in [-0.1, -0.05) is 15.9 Å². The third-order valence-electron chi connectivity index (χ3n) is 2.16. The molecule has 0 fully saturated rings. The highest BCUT2D eigenvalue weighted by atomic mass is 79.9. The van der Waals surface area contributed by atoms with E-state index >= 15 is 0 Å². The summed E-state index contributed by atoms with van der Waals surface area (Å²) in [5.41, 5.74) is 0.165. The normalized spacial score (nSPS) is 10.8. The number of amides is 1. The molecule has 0 heterocycles. The summed E-state index contributed by atoms with van der Waals surface area (Å²) < 4.78 is 37.9. The van der Waals surface area contributed by atoms with Crippen LogP contribution < -0.4 is 0 Å². The molecule has 0 spiro atoms. The molecule has 2 nitrogen and oxygen atoms in total. The lowest BCUT2D eigenvalue weighted by Gasteiger charge is -2.21. The Labute approximate surface area is 119 Å². The van der Waals surface area contributed by atoms with E-state index in [0.717, 1.165) is 17.0 Å². The summed E-state index contributed by atoms with van der Waals surface area (Å²) in [6, 6.07) is 3.52. The summed E-state index contributed by atoms with van der Waals surface area (Å²) in [7, 11) is 0. The van der Waals surface area contributed by atoms with E-state index in [4.69, 9.17) is 0 Å². The second kappa shape index (κ2) is 7.13. The molecule has 1 rings (SSSR count). The highest BCUT2D eigenvalue weighted by molar-refractivity contribution is 9.10. The molecule has 0 saturated heterocycles. The van der Waals surface area contributed by atoms with Crippen LogP contribution in [0.15, 0.2) is 22.7 Å². The molecule has 0 saturated carbocycles. The Morgan fingerprint density at radius 3 is 2.56 bits per heavy atom. The Kier molecular flexibility index (Phi) is 6.14. The number of carbonyl (C=O) groups is 1. The predicted octanol–water partition coefficient (Wildman–Crippen LogP) is 3.69. The van der Waals surface area contributed by atoms with Crippen molar-refractivity contribution in [1.29, 1.82) is 0 Å². The topological polar surface area (TPSA) is 20.3 Å². The maximum Gasteiger partial charge on any atom is 0.255 e. The zero-order valence-electron chi connectivity index (χ0n) is 9.18. The Hall–Kier alpha value is -0.560. The molecule has 1 aromatic carbocycles. The van der Waals surface area contributed by atoms with Crippen LogP contribution >= 0.6 is 31.9 Å². The molecule has 0 aliphatic rings. The predicted molar refractivity (Wildman–Crippen MR) is 69.8 cm³/mol. The number of halogens is 5. The molecule has 0 radical (unpaired) electrons. The van der Waals surface area contributed by atoms with Crippen LogP contribution in [-0.2, 0) is 0 Å². The van der Waals surface area contributed by atoms with Crippen LogP contribution in [-0.4, -0.2) is 35.7 Å². The van der Waals surface area contributed by atoms with E-state index in [2.05, 4.69) is 31.9 Å². The lowest BCUT2D eigenvalue weighted by Crippen LogP contribution is -2.36. The molecule has 0 aromatic heterocycles. The Balaban J connectivity index is 2.94. The van der Waals surface area contributed by atoms with Crippen LogP contribution in [0, 0.1) is 5.82 Å². The van der Waals surface area contributed by atoms with Crippen molar-refractivity contribution < 1.29 is 18.0 Å². The number of hydrogen-bond acceptors (Lipinski definition) is 1. The third kappa shape index (κ3) is 4.28. The molecule has 0 aliphatic heterocycles. The first-order chi connectivity index (χ1) is 8.45. The van der Waals surface area contributed by atoms with Crippen molar-refractivity contribution in [3.63, 3.8) is 0 Å². The first-order valence-corrected chi connectivity index (χ1v) is 6.95. The van der Waals surface area contributed by atoms with E-state index in [0.29, 0.717) is 5.33 Å². The van der Waals surface area contributed by atoms with Crippen molar-refractivity contribution in [2.75, 3.05) is 18.4 Å². The van der Waals surface area contributed by atoms with Crippen molar-refractivity contribution in [2.45, 2.75) is 6.43 Å². The van der Waals surface area contributed by atoms with Gasteiger partial charge in [-0.3, -0.25) is 4.79 Å². The van der Waals surface area contributed by atoms with Crippen molar-refractivity contribution in [1.82, 2.24) is 4.90 Å². The molecular formula is C11H10Br2F3NO. The summed E-state index contributed by atoms with van der Waals surface area (Å²) in [5.74, 6) is -1.05. The number of alkyl halides is 3. The van der Waals surface area contributed by atoms with Crippen molar-refractivity contribution >= 4 is 37.8 Å². The summed E-state index contributed by atoms with van der Waals surface area (Å²) in [6.07, 6.45) is -2.60. The maximum absolute atomic E-state index is 12.9. The zero-order chi connectivity index (χ0) is 13.7. The molecule has 0 aliphatic carbocycles. The summed E-state index contributed by atoms with van der Waals surface area (Å²) >= 11 is 6.15. The lowest BCUT2D eigenvalue weighted by atomic mass is 10.2. The molecule has 0 N–H and O–H groups in total. The third-order valence-corrected chi connectivity index (χ3v) is 3.17. The van der Waals surface area contributed by atoms with Gasteiger partial charge in [-0.2, -0.15) is 0 Å². The average Bonchev–Trinajstić information content (AvgIpc) is 2.27. The minimum atomic E-state index is -2.60. The van der Waals surface area contributed by atoms with Gasteiger partial charge in [0.05, 0.1) is 12.1 Å². The van der Waals surface area contributed by atoms with E-state index < -0.39 is 24.7 Å². The fraction of sp³-hybridized carbons (Fsp3) is 0.364. The molecule has 100 valence electrons. The smallest absolute Gasteiger partial charge is 0.255 e. The number of hydrogen-bond donors (Lipinski definition) is 0. The van der Waals surface area contributed by atoms with E-state index in [1.165, 1.54) is 6.07 Å². The van der Waals surface area contributed by atoms with Crippen LogP contribution in [0.2, 0.25) is 0 Å². The van der Waals surface area contributed by atoms with E-state index in [9.17, 15) is 18.0 Å². The van der Waals surface area contributed by atoms with Crippen LogP contribution in [0.5, 0.6) is 0 Å². The minimum absolute atomic E-state index is 0.160. The van der Waals surface area contributed by atoms with Crippen molar-refractivity contribution in [2.24, 2.45) is 0 Å². The quantitative estimate of drug-likeness (QED) is 0.704. The van der Waals surface area contributed by atoms with Gasteiger partial charge in [-0.25, -0.2) is 13.2 Å². The molecule has 1 aromatic rings. The fourth-order valence-electron chi connectivity index (χ4n) is 1.38. The van der Waals surface area contributed by atoms with E-state index in [1.54, 1.807) is 0 Å². The highest BCUT2D eigenvalue weighted by Crippen LogP contribution is 2.20. The second-order valence-corrected chi connectivity index (χ2v) is 5.10. The van der Waals surface area contributed by atoms with E-state index in [1.807, 2.05) is 0 Å². The molecule has 0 atom stereocenters. The molecule has 0 unspecified atom stereocenters. The monoisotopic (exact) mass is 387 g/mol. The SMILES string of the molecule is O=C(c1ccc(F)cc1Br)N(CCBr)CC(F)F. The van der Waals surface area contributed by atoms with Gasteiger partial charge in [-0.15, -0.1) is 0 Å². The molecular weight excluding hydrogens is 379 g/mol. The van der Waals surface area contributed by atoms with Crippen LogP contribution in [0.25, 0.3) is 0 Å². The van der Waals surface area contributed by atoms with Gasteiger partial charge in [0, 0.05) is 16.3 Å². The van der Waals surface area contributed by atoms with Crippen molar-refractivity contribution in [3.05, 3.63) is 34.1 Å². The van der Waals surface area contributed by atoms with Gasteiger partial charge in [0.2, 0.25) is 0 Å². The first-order valence-electron chi connectivity index (χ1n) is 5.04. The Bertz CT molecular complexity index is 429. The van der Waals surface area contributed by atoms with Crippen LogP contribution in [0.4, 0.5) is 13.2 Å². The van der Waals surface area contributed by atoms with Crippen LogP contribution in [0.3, 0.4) is 0 Å². The maximum atomic E-state index is 12.9. The highest BCUT2D eigenvalue weighted by Gasteiger charge is 2.21. The van der Waals surface area contributed by atoms with Gasteiger partial charge >= 0.3 is 0 Å². The average molecular weight is 389 g/mol. The summed E-state index contributed by atoms with van der Waals surface area (Å²) in [6.45, 7) is -0.485. The van der Waals surface area contributed by atoms with Gasteiger partial charge in [-0.05, 0) is 34.1 Å².